The van der Waals surface area contributed by atoms with Crippen molar-refractivity contribution in [1.29, 1.82) is 0 Å². The first-order valence-electron chi connectivity index (χ1n) is 4.84. The lowest BCUT2D eigenvalue weighted by Gasteiger charge is -2.07. The first-order valence-corrected chi connectivity index (χ1v) is 5.22. The van der Waals surface area contributed by atoms with E-state index < -0.39 is 5.82 Å². The van der Waals surface area contributed by atoms with Crippen LogP contribution in [0.25, 0.3) is 0 Å². The second kappa shape index (κ2) is 4.55. The maximum atomic E-state index is 13.2. The molecule has 1 aromatic heterocycles. The first kappa shape index (κ1) is 11.6. The molecule has 0 aliphatic carbocycles. The molecule has 1 aromatic carbocycles. The summed E-state index contributed by atoms with van der Waals surface area (Å²) in [4.78, 5) is 11.5. The summed E-state index contributed by atoms with van der Waals surface area (Å²) in [5.41, 5.74) is 5.63. The zero-order valence-corrected chi connectivity index (χ0v) is 9.49. The SMILES string of the molecule is Nc1ccc(=O)n(Cc2cccc(F)c2Cl)n1. The van der Waals surface area contributed by atoms with Crippen LogP contribution in [0.3, 0.4) is 0 Å². The minimum Gasteiger partial charge on any atom is -0.382 e. The van der Waals surface area contributed by atoms with Crippen molar-refractivity contribution in [2.24, 2.45) is 0 Å². The van der Waals surface area contributed by atoms with Crippen LogP contribution in [-0.4, -0.2) is 9.78 Å². The predicted octanol–water partition coefficient (Wildman–Crippen LogP) is 1.67. The quantitative estimate of drug-likeness (QED) is 0.886. The number of anilines is 1. The number of rotatable bonds is 2. The molecule has 0 radical (unpaired) electrons. The topological polar surface area (TPSA) is 60.9 Å². The third-order valence-corrected chi connectivity index (χ3v) is 2.66. The Morgan fingerprint density at radius 2 is 2.12 bits per heavy atom. The number of halogens is 2. The number of aromatic nitrogens is 2. The fourth-order valence-electron chi connectivity index (χ4n) is 1.41. The van der Waals surface area contributed by atoms with Crippen LogP contribution in [0.5, 0.6) is 0 Å². The fraction of sp³-hybridized carbons (Fsp3) is 0.0909. The van der Waals surface area contributed by atoms with E-state index >= 15 is 0 Å². The molecule has 0 bridgehead atoms. The smallest absolute Gasteiger partial charge is 0.267 e. The fourth-order valence-corrected chi connectivity index (χ4v) is 1.60. The van der Waals surface area contributed by atoms with Gasteiger partial charge in [0.1, 0.15) is 11.6 Å². The van der Waals surface area contributed by atoms with E-state index in [4.69, 9.17) is 17.3 Å². The third kappa shape index (κ3) is 2.45. The molecule has 88 valence electrons. The van der Waals surface area contributed by atoms with Crippen LogP contribution in [0.2, 0.25) is 5.02 Å². The molecule has 17 heavy (non-hydrogen) atoms. The highest BCUT2D eigenvalue weighted by molar-refractivity contribution is 6.31. The van der Waals surface area contributed by atoms with E-state index in [2.05, 4.69) is 5.10 Å². The van der Waals surface area contributed by atoms with E-state index in [1.807, 2.05) is 0 Å². The largest absolute Gasteiger partial charge is 0.382 e. The zero-order chi connectivity index (χ0) is 12.4. The molecule has 2 aromatic rings. The second-order valence-electron chi connectivity index (χ2n) is 3.47. The lowest BCUT2D eigenvalue weighted by atomic mass is 10.2. The van der Waals surface area contributed by atoms with Crippen LogP contribution >= 0.6 is 11.6 Å². The molecule has 0 amide bonds. The lowest BCUT2D eigenvalue weighted by Crippen LogP contribution is -2.23. The zero-order valence-electron chi connectivity index (χ0n) is 8.73. The summed E-state index contributed by atoms with van der Waals surface area (Å²) in [5.74, 6) is -0.307. The van der Waals surface area contributed by atoms with E-state index in [1.54, 1.807) is 6.07 Å². The van der Waals surface area contributed by atoms with Crippen molar-refractivity contribution in [3.63, 3.8) is 0 Å². The Kier molecular flexibility index (Phi) is 3.10. The van der Waals surface area contributed by atoms with Crippen molar-refractivity contribution in [3.8, 4) is 0 Å². The number of hydrogen-bond donors (Lipinski definition) is 1. The summed E-state index contributed by atoms with van der Waals surface area (Å²) in [6.07, 6.45) is 0. The van der Waals surface area contributed by atoms with E-state index in [0.717, 1.165) is 4.68 Å². The van der Waals surface area contributed by atoms with Gasteiger partial charge in [-0.25, -0.2) is 9.07 Å². The van der Waals surface area contributed by atoms with Gasteiger partial charge in [-0.3, -0.25) is 4.79 Å². The second-order valence-corrected chi connectivity index (χ2v) is 3.84. The van der Waals surface area contributed by atoms with E-state index in [9.17, 15) is 9.18 Å². The highest BCUT2D eigenvalue weighted by Gasteiger charge is 2.07. The summed E-state index contributed by atoms with van der Waals surface area (Å²) in [7, 11) is 0. The van der Waals surface area contributed by atoms with Gasteiger partial charge in [-0.05, 0) is 17.7 Å². The van der Waals surface area contributed by atoms with Gasteiger partial charge in [0.2, 0.25) is 0 Å². The Bertz CT molecular complexity index is 612. The maximum Gasteiger partial charge on any atom is 0.267 e. The molecule has 0 aliphatic rings. The minimum atomic E-state index is -0.527. The molecule has 2 rings (SSSR count). The van der Waals surface area contributed by atoms with Crippen molar-refractivity contribution in [2.75, 3.05) is 5.73 Å². The molecule has 0 atom stereocenters. The molecule has 0 aliphatic heterocycles. The molecule has 4 nitrogen and oxygen atoms in total. The summed E-state index contributed by atoms with van der Waals surface area (Å²) in [5, 5.41) is 3.83. The monoisotopic (exact) mass is 253 g/mol. The lowest BCUT2D eigenvalue weighted by molar-refractivity contribution is 0.612. The van der Waals surface area contributed by atoms with Crippen LogP contribution in [0.1, 0.15) is 5.56 Å². The van der Waals surface area contributed by atoms with Crippen molar-refractivity contribution in [1.82, 2.24) is 9.78 Å². The van der Waals surface area contributed by atoms with E-state index in [0.29, 0.717) is 5.56 Å². The van der Waals surface area contributed by atoms with Gasteiger partial charge in [-0.2, -0.15) is 5.10 Å². The van der Waals surface area contributed by atoms with Gasteiger partial charge in [-0.15, -0.1) is 0 Å². The van der Waals surface area contributed by atoms with Gasteiger partial charge in [0.25, 0.3) is 5.56 Å². The Morgan fingerprint density at radius 1 is 1.35 bits per heavy atom. The Labute approximate surface area is 101 Å². The molecule has 0 saturated heterocycles. The molecule has 1 heterocycles. The van der Waals surface area contributed by atoms with Gasteiger partial charge >= 0.3 is 0 Å². The van der Waals surface area contributed by atoms with Crippen LogP contribution in [0.15, 0.2) is 35.1 Å². The average molecular weight is 254 g/mol. The Balaban J connectivity index is 2.41. The van der Waals surface area contributed by atoms with Crippen molar-refractivity contribution in [3.05, 3.63) is 57.1 Å². The van der Waals surface area contributed by atoms with E-state index in [-0.39, 0.29) is 22.9 Å². The Morgan fingerprint density at radius 3 is 2.88 bits per heavy atom. The van der Waals surface area contributed by atoms with Crippen LogP contribution in [0, 0.1) is 5.82 Å². The van der Waals surface area contributed by atoms with Crippen LogP contribution in [0.4, 0.5) is 10.2 Å². The number of nitrogens with zero attached hydrogens (tertiary/aromatic N) is 2. The third-order valence-electron chi connectivity index (χ3n) is 2.24. The average Bonchev–Trinajstić information content (AvgIpc) is 2.30. The summed E-state index contributed by atoms with van der Waals surface area (Å²) in [6.45, 7) is 0.0838. The van der Waals surface area contributed by atoms with Gasteiger partial charge in [0, 0.05) is 6.07 Å². The summed E-state index contributed by atoms with van der Waals surface area (Å²) >= 11 is 5.79. The molecule has 0 spiro atoms. The van der Waals surface area contributed by atoms with Gasteiger partial charge < -0.3 is 5.73 Å². The van der Waals surface area contributed by atoms with Crippen LogP contribution < -0.4 is 11.3 Å². The Hall–Kier alpha value is -1.88. The predicted molar refractivity (Wildman–Crippen MR) is 63.4 cm³/mol. The summed E-state index contributed by atoms with van der Waals surface area (Å²) in [6, 6.07) is 7.11. The molecule has 2 N–H and O–H groups in total. The summed E-state index contributed by atoms with van der Waals surface area (Å²) < 4.78 is 14.3. The number of hydrogen-bond acceptors (Lipinski definition) is 3. The molecular formula is C11H9ClFN3O. The van der Waals surface area contributed by atoms with E-state index in [1.165, 1.54) is 24.3 Å². The van der Waals surface area contributed by atoms with Gasteiger partial charge in [0.15, 0.2) is 0 Å². The molecular weight excluding hydrogens is 245 g/mol. The van der Waals surface area contributed by atoms with Crippen molar-refractivity contribution in [2.45, 2.75) is 6.54 Å². The molecule has 0 saturated carbocycles. The molecule has 0 fully saturated rings. The van der Waals surface area contributed by atoms with Crippen molar-refractivity contribution >= 4 is 17.4 Å². The number of nitrogens with two attached hydrogens (primary N) is 1. The minimum absolute atomic E-state index is 0.0105. The first-order chi connectivity index (χ1) is 8.08. The molecule has 0 unspecified atom stereocenters. The highest BCUT2D eigenvalue weighted by atomic mass is 35.5. The number of benzene rings is 1. The van der Waals surface area contributed by atoms with Gasteiger partial charge in [-0.1, -0.05) is 23.7 Å². The van der Waals surface area contributed by atoms with Crippen LogP contribution in [-0.2, 0) is 6.54 Å². The van der Waals surface area contributed by atoms with Crippen molar-refractivity contribution < 1.29 is 4.39 Å². The normalized spacial score (nSPS) is 10.5. The van der Waals surface area contributed by atoms with Gasteiger partial charge in [0.05, 0.1) is 11.6 Å². The maximum absolute atomic E-state index is 13.2. The number of nitrogen functional groups attached to an aromatic ring is 1. The highest BCUT2D eigenvalue weighted by Crippen LogP contribution is 2.19. The standard InChI is InChI=1S/C11H9ClFN3O/c12-11-7(2-1-3-8(11)13)6-16-10(17)5-4-9(14)15-16/h1-5H,6H2,(H2,14,15). The molecule has 6 heteroatoms.